The van der Waals surface area contributed by atoms with E-state index < -0.39 is 0 Å². The number of nitrogens with two attached hydrogens (primary N) is 1. The van der Waals surface area contributed by atoms with E-state index in [-0.39, 0.29) is 12.6 Å². The molecule has 0 fully saturated rings. The van der Waals surface area contributed by atoms with Gasteiger partial charge in [0.15, 0.2) is 0 Å². The average Bonchev–Trinajstić information content (AvgIpc) is 2.13. The summed E-state index contributed by atoms with van der Waals surface area (Å²) in [6, 6.07) is 5.25. The second-order valence-electron chi connectivity index (χ2n) is 2.80. The van der Waals surface area contributed by atoms with Gasteiger partial charge in [0.1, 0.15) is 0 Å². The molecule has 13 heavy (non-hydrogen) atoms. The second kappa shape index (κ2) is 4.46. The highest BCUT2D eigenvalue weighted by molar-refractivity contribution is 6.33. The lowest BCUT2D eigenvalue weighted by molar-refractivity contribution is 0.251. The first-order valence-corrected chi connectivity index (χ1v) is 4.40. The van der Waals surface area contributed by atoms with E-state index in [1.54, 1.807) is 19.2 Å². The Morgan fingerprint density at radius 2 is 2.31 bits per heavy atom. The molecule has 4 heteroatoms. The molecule has 1 rings (SSSR count). The first-order chi connectivity index (χ1) is 6.19. The molecule has 72 valence electrons. The first kappa shape index (κ1) is 10.3. The number of aliphatic hydroxyl groups is 1. The molecule has 1 unspecified atom stereocenters. The van der Waals surface area contributed by atoms with E-state index in [0.29, 0.717) is 10.7 Å². The Hall–Kier alpha value is -0.770. The highest BCUT2D eigenvalue weighted by Gasteiger charge is 2.08. The van der Waals surface area contributed by atoms with Crippen LogP contribution in [0.15, 0.2) is 18.2 Å². The Labute approximate surface area is 82.5 Å². The van der Waals surface area contributed by atoms with E-state index in [2.05, 4.69) is 5.32 Å². The summed E-state index contributed by atoms with van der Waals surface area (Å²) < 4.78 is 0. The van der Waals surface area contributed by atoms with Crippen molar-refractivity contribution in [3.05, 3.63) is 28.8 Å². The molecule has 0 heterocycles. The minimum atomic E-state index is -0.0837. The van der Waals surface area contributed by atoms with Crippen molar-refractivity contribution in [2.24, 2.45) is 0 Å². The number of hydrogen-bond donors (Lipinski definition) is 3. The monoisotopic (exact) mass is 200 g/mol. The summed E-state index contributed by atoms with van der Waals surface area (Å²) in [5, 5.41) is 12.5. The Morgan fingerprint density at radius 1 is 1.62 bits per heavy atom. The van der Waals surface area contributed by atoms with Gasteiger partial charge >= 0.3 is 0 Å². The van der Waals surface area contributed by atoms with Crippen LogP contribution < -0.4 is 11.1 Å². The van der Waals surface area contributed by atoms with Gasteiger partial charge in [-0.15, -0.1) is 0 Å². The third-order valence-electron chi connectivity index (χ3n) is 1.95. The molecular weight excluding hydrogens is 188 g/mol. The lowest BCUT2D eigenvalue weighted by atomic mass is 10.1. The van der Waals surface area contributed by atoms with Crippen LogP contribution in [0, 0.1) is 0 Å². The highest BCUT2D eigenvalue weighted by Crippen LogP contribution is 2.22. The molecule has 4 N–H and O–H groups in total. The van der Waals surface area contributed by atoms with Gasteiger partial charge in [-0.1, -0.05) is 17.7 Å². The molecule has 0 radical (unpaired) electrons. The molecule has 3 nitrogen and oxygen atoms in total. The van der Waals surface area contributed by atoms with Crippen molar-refractivity contribution >= 4 is 17.3 Å². The number of benzene rings is 1. The Morgan fingerprint density at radius 3 is 2.77 bits per heavy atom. The SMILES string of the molecule is CNC(CO)c1ccc(Cl)c(N)c1. The second-order valence-corrected chi connectivity index (χ2v) is 3.21. The van der Waals surface area contributed by atoms with Crippen molar-refractivity contribution in [2.45, 2.75) is 6.04 Å². The predicted octanol–water partition coefficient (Wildman–Crippen LogP) is 1.18. The van der Waals surface area contributed by atoms with Crippen molar-refractivity contribution in [1.29, 1.82) is 0 Å². The Balaban J connectivity index is 2.95. The van der Waals surface area contributed by atoms with Gasteiger partial charge in [0.05, 0.1) is 23.4 Å². The van der Waals surface area contributed by atoms with Crippen molar-refractivity contribution in [3.63, 3.8) is 0 Å². The van der Waals surface area contributed by atoms with Crippen LogP contribution in [0.3, 0.4) is 0 Å². The van der Waals surface area contributed by atoms with Crippen molar-refractivity contribution in [1.82, 2.24) is 5.32 Å². The smallest absolute Gasteiger partial charge is 0.0635 e. The molecular formula is C9H13ClN2O. The zero-order chi connectivity index (χ0) is 9.84. The van der Waals surface area contributed by atoms with Crippen LogP contribution >= 0.6 is 11.6 Å². The summed E-state index contributed by atoms with van der Waals surface area (Å²) in [4.78, 5) is 0. The summed E-state index contributed by atoms with van der Waals surface area (Å²) >= 11 is 5.76. The number of hydrogen-bond acceptors (Lipinski definition) is 3. The van der Waals surface area contributed by atoms with Gasteiger partial charge in [-0.2, -0.15) is 0 Å². The number of aliphatic hydroxyl groups excluding tert-OH is 1. The molecule has 1 aromatic rings. The molecule has 0 saturated carbocycles. The lowest BCUT2D eigenvalue weighted by Gasteiger charge is -2.14. The molecule has 0 amide bonds. The van der Waals surface area contributed by atoms with Gasteiger partial charge in [0.2, 0.25) is 0 Å². The van der Waals surface area contributed by atoms with E-state index in [1.807, 2.05) is 6.07 Å². The third-order valence-corrected chi connectivity index (χ3v) is 2.30. The topological polar surface area (TPSA) is 58.3 Å². The van der Waals surface area contributed by atoms with Crippen molar-refractivity contribution < 1.29 is 5.11 Å². The Bertz CT molecular complexity index is 287. The fourth-order valence-electron chi connectivity index (χ4n) is 1.14. The minimum absolute atomic E-state index is 0.0393. The molecule has 1 aromatic carbocycles. The first-order valence-electron chi connectivity index (χ1n) is 4.02. The minimum Gasteiger partial charge on any atom is -0.398 e. The molecule has 0 bridgehead atoms. The van der Waals surface area contributed by atoms with Crippen LogP contribution in [0.1, 0.15) is 11.6 Å². The number of nitrogen functional groups attached to an aromatic ring is 1. The molecule has 1 atom stereocenters. The number of anilines is 1. The molecule has 0 aliphatic carbocycles. The lowest BCUT2D eigenvalue weighted by Crippen LogP contribution is -2.19. The van der Waals surface area contributed by atoms with Crippen molar-refractivity contribution in [2.75, 3.05) is 19.4 Å². The molecule has 0 saturated heterocycles. The van der Waals surface area contributed by atoms with Crippen LogP contribution in [0.25, 0.3) is 0 Å². The fourth-order valence-corrected chi connectivity index (χ4v) is 1.26. The third kappa shape index (κ3) is 2.34. The van der Waals surface area contributed by atoms with Gasteiger partial charge in [0, 0.05) is 0 Å². The summed E-state index contributed by atoms with van der Waals surface area (Å²) in [7, 11) is 1.78. The molecule has 0 aliphatic rings. The summed E-state index contributed by atoms with van der Waals surface area (Å²) in [5.74, 6) is 0. The Kier molecular flexibility index (Phi) is 3.54. The predicted molar refractivity (Wildman–Crippen MR) is 54.8 cm³/mol. The number of rotatable bonds is 3. The average molecular weight is 201 g/mol. The maximum absolute atomic E-state index is 9.00. The quantitative estimate of drug-likeness (QED) is 0.643. The van der Waals surface area contributed by atoms with Crippen LogP contribution in [-0.4, -0.2) is 18.8 Å². The zero-order valence-electron chi connectivity index (χ0n) is 7.42. The highest BCUT2D eigenvalue weighted by atomic mass is 35.5. The maximum atomic E-state index is 9.00. The largest absolute Gasteiger partial charge is 0.398 e. The summed E-state index contributed by atoms with van der Waals surface area (Å²) in [6.45, 7) is 0.0393. The molecule has 0 aliphatic heterocycles. The number of halogens is 1. The standard InChI is InChI=1S/C9H13ClN2O/c1-12-9(5-13)6-2-3-7(10)8(11)4-6/h2-4,9,12-13H,5,11H2,1H3. The molecule has 0 spiro atoms. The van der Waals surface area contributed by atoms with E-state index in [1.165, 1.54) is 0 Å². The van der Waals surface area contributed by atoms with Gasteiger partial charge in [-0.3, -0.25) is 0 Å². The summed E-state index contributed by atoms with van der Waals surface area (Å²) in [5.41, 5.74) is 7.10. The van der Waals surface area contributed by atoms with Gasteiger partial charge < -0.3 is 16.2 Å². The number of nitrogens with one attached hydrogen (secondary N) is 1. The zero-order valence-corrected chi connectivity index (χ0v) is 8.17. The number of likely N-dealkylation sites (N-methyl/N-ethyl adjacent to an activating group) is 1. The van der Waals surface area contributed by atoms with Crippen LogP contribution in [0.4, 0.5) is 5.69 Å². The van der Waals surface area contributed by atoms with E-state index in [9.17, 15) is 0 Å². The van der Waals surface area contributed by atoms with E-state index in [4.69, 9.17) is 22.4 Å². The van der Waals surface area contributed by atoms with E-state index in [0.717, 1.165) is 5.56 Å². The van der Waals surface area contributed by atoms with Crippen LogP contribution in [-0.2, 0) is 0 Å². The van der Waals surface area contributed by atoms with Crippen molar-refractivity contribution in [3.8, 4) is 0 Å². The van der Waals surface area contributed by atoms with Crippen LogP contribution in [0.5, 0.6) is 0 Å². The van der Waals surface area contributed by atoms with Crippen LogP contribution in [0.2, 0.25) is 5.02 Å². The summed E-state index contributed by atoms with van der Waals surface area (Å²) in [6.07, 6.45) is 0. The van der Waals surface area contributed by atoms with Gasteiger partial charge in [-0.05, 0) is 24.7 Å². The maximum Gasteiger partial charge on any atom is 0.0635 e. The van der Waals surface area contributed by atoms with Gasteiger partial charge in [0.25, 0.3) is 0 Å². The fraction of sp³-hybridized carbons (Fsp3) is 0.333. The van der Waals surface area contributed by atoms with Gasteiger partial charge in [-0.25, -0.2) is 0 Å². The van der Waals surface area contributed by atoms with E-state index >= 15 is 0 Å². The normalized spacial score (nSPS) is 12.8. The molecule has 0 aromatic heterocycles.